The number of likely N-dealkylation sites (N-methyl/N-ethyl adjacent to an activating group) is 1. The van der Waals surface area contributed by atoms with Crippen molar-refractivity contribution < 1.29 is 4.39 Å². The van der Waals surface area contributed by atoms with E-state index in [0.29, 0.717) is 5.92 Å². The maximum absolute atomic E-state index is 13.2. The van der Waals surface area contributed by atoms with Gasteiger partial charge in [0, 0.05) is 12.5 Å². The third-order valence-corrected chi connectivity index (χ3v) is 3.96. The Morgan fingerprint density at radius 3 is 2.38 bits per heavy atom. The molecule has 0 aliphatic rings. The average Bonchev–Trinajstić information content (AvgIpc) is 2.46. The molecule has 1 atom stereocenters. The molecule has 2 heteroatoms. The summed E-state index contributed by atoms with van der Waals surface area (Å²) in [6.45, 7) is 8.11. The van der Waals surface area contributed by atoms with Crippen LogP contribution in [0.3, 0.4) is 0 Å². The fraction of sp³-hybridized carbons (Fsp3) is 0.368. The molecule has 1 N–H and O–H groups in total. The Bertz CT molecular complexity index is 575. The van der Waals surface area contributed by atoms with E-state index in [9.17, 15) is 4.39 Å². The standard InChI is InChI=1S/C19H24FN/c1-4-21-13-18(16-7-5-14(2)6-8-16)12-17-9-10-19(20)11-15(17)3/h5-11,18,21H,4,12-13H2,1-3H3. The minimum Gasteiger partial charge on any atom is -0.316 e. The monoisotopic (exact) mass is 285 g/mol. The van der Waals surface area contributed by atoms with Crippen molar-refractivity contribution in [3.63, 3.8) is 0 Å². The lowest BCUT2D eigenvalue weighted by Crippen LogP contribution is -2.23. The summed E-state index contributed by atoms with van der Waals surface area (Å²) >= 11 is 0. The first-order valence-electron chi connectivity index (χ1n) is 7.62. The van der Waals surface area contributed by atoms with E-state index in [4.69, 9.17) is 0 Å². The van der Waals surface area contributed by atoms with E-state index in [2.05, 4.69) is 43.4 Å². The Morgan fingerprint density at radius 1 is 1.05 bits per heavy atom. The summed E-state index contributed by atoms with van der Waals surface area (Å²) in [6.07, 6.45) is 0.933. The highest BCUT2D eigenvalue weighted by molar-refractivity contribution is 5.31. The minimum absolute atomic E-state index is 0.158. The molecule has 0 radical (unpaired) electrons. The van der Waals surface area contributed by atoms with Gasteiger partial charge < -0.3 is 5.32 Å². The predicted molar refractivity (Wildman–Crippen MR) is 87.3 cm³/mol. The molecule has 1 unspecified atom stereocenters. The largest absolute Gasteiger partial charge is 0.316 e. The molecule has 0 saturated heterocycles. The summed E-state index contributed by atoms with van der Waals surface area (Å²) < 4.78 is 13.2. The summed E-state index contributed by atoms with van der Waals surface area (Å²) in [5, 5.41) is 3.44. The molecule has 0 amide bonds. The number of rotatable bonds is 6. The maximum atomic E-state index is 13.2. The van der Waals surface area contributed by atoms with Gasteiger partial charge in [-0.25, -0.2) is 4.39 Å². The lowest BCUT2D eigenvalue weighted by Gasteiger charge is -2.19. The second kappa shape index (κ2) is 7.37. The number of aryl methyl sites for hydroxylation is 2. The molecular weight excluding hydrogens is 261 g/mol. The van der Waals surface area contributed by atoms with Crippen LogP contribution in [0.15, 0.2) is 42.5 Å². The molecule has 112 valence electrons. The third-order valence-electron chi connectivity index (χ3n) is 3.96. The van der Waals surface area contributed by atoms with Gasteiger partial charge in [0.25, 0.3) is 0 Å². The van der Waals surface area contributed by atoms with Crippen molar-refractivity contribution in [2.75, 3.05) is 13.1 Å². The van der Waals surface area contributed by atoms with Gasteiger partial charge in [-0.15, -0.1) is 0 Å². The van der Waals surface area contributed by atoms with E-state index in [1.165, 1.54) is 16.7 Å². The Morgan fingerprint density at radius 2 is 1.76 bits per heavy atom. The van der Waals surface area contributed by atoms with Gasteiger partial charge in [-0.2, -0.15) is 0 Å². The highest BCUT2D eigenvalue weighted by atomic mass is 19.1. The summed E-state index contributed by atoms with van der Waals surface area (Å²) in [6, 6.07) is 13.8. The van der Waals surface area contributed by atoms with Crippen molar-refractivity contribution in [3.05, 3.63) is 70.5 Å². The summed E-state index contributed by atoms with van der Waals surface area (Å²) in [5.74, 6) is 0.254. The van der Waals surface area contributed by atoms with E-state index < -0.39 is 0 Å². The van der Waals surface area contributed by atoms with E-state index in [1.54, 1.807) is 12.1 Å². The highest BCUT2D eigenvalue weighted by Gasteiger charge is 2.13. The lowest BCUT2D eigenvalue weighted by molar-refractivity contribution is 0.591. The second-order valence-corrected chi connectivity index (χ2v) is 5.69. The van der Waals surface area contributed by atoms with Crippen LogP contribution >= 0.6 is 0 Å². The first-order valence-corrected chi connectivity index (χ1v) is 7.62. The zero-order valence-electron chi connectivity index (χ0n) is 13.1. The molecule has 0 aromatic heterocycles. The predicted octanol–water partition coefficient (Wildman–Crippen LogP) is 4.38. The fourth-order valence-corrected chi connectivity index (χ4v) is 2.62. The second-order valence-electron chi connectivity index (χ2n) is 5.69. The van der Waals surface area contributed by atoms with Crippen molar-refractivity contribution in [1.29, 1.82) is 0 Å². The molecule has 2 aromatic carbocycles. The molecule has 0 fully saturated rings. The Hall–Kier alpha value is -1.67. The molecule has 2 rings (SSSR count). The fourth-order valence-electron chi connectivity index (χ4n) is 2.62. The summed E-state index contributed by atoms with van der Waals surface area (Å²) in [7, 11) is 0. The summed E-state index contributed by atoms with van der Waals surface area (Å²) in [5.41, 5.74) is 4.87. The molecular formula is C19H24FN. The van der Waals surface area contributed by atoms with Crippen molar-refractivity contribution >= 4 is 0 Å². The van der Waals surface area contributed by atoms with Gasteiger partial charge in [0.1, 0.15) is 5.82 Å². The number of hydrogen-bond donors (Lipinski definition) is 1. The average molecular weight is 285 g/mol. The van der Waals surface area contributed by atoms with Gasteiger partial charge >= 0.3 is 0 Å². The van der Waals surface area contributed by atoms with Crippen LogP contribution in [0.1, 0.15) is 35.1 Å². The van der Waals surface area contributed by atoms with Crippen molar-refractivity contribution in [1.82, 2.24) is 5.32 Å². The van der Waals surface area contributed by atoms with Crippen LogP contribution in [-0.2, 0) is 6.42 Å². The van der Waals surface area contributed by atoms with E-state index in [-0.39, 0.29) is 5.82 Å². The van der Waals surface area contributed by atoms with Gasteiger partial charge in [0.2, 0.25) is 0 Å². The highest BCUT2D eigenvalue weighted by Crippen LogP contribution is 2.23. The Labute approximate surface area is 127 Å². The molecule has 0 aliphatic carbocycles. The molecule has 1 nitrogen and oxygen atoms in total. The Kier molecular flexibility index (Phi) is 5.51. The van der Waals surface area contributed by atoms with E-state index in [0.717, 1.165) is 25.1 Å². The molecule has 21 heavy (non-hydrogen) atoms. The minimum atomic E-state index is -0.158. The molecule has 2 aromatic rings. The Balaban J connectivity index is 2.21. The molecule has 0 saturated carbocycles. The molecule has 0 bridgehead atoms. The lowest BCUT2D eigenvalue weighted by atomic mass is 9.89. The van der Waals surface area contributed by atoms with Crippen LogP contribution in [0.4, 0.5) is 4.39 Å². The molecule has 0 heterocycles. The first-order chi connectivity index (χ1) is 10.1. The quantitative estimate of drug-likeness (QED) is 0.830. The topological polar surface area (TPSA) is 12.0 Å². The number of halogens is 1. The zero-order chi connectivity index (χ0) is 15.2. The first kappa shape index (κ1) is 15.7. The number of nitrogens with one attached hydrogen (secondary N) is 1. The van der Waals surface area contributed by atoms with Crippen LogP contribution in [-0.4, -0.2) is 13.1 Å². The van der Waals surface area contributed by atoms with Gasteiger partial charge in [-0.05, 0) is 55.6 Å². The van der Waals surface area contributed by atoms with Gasteiger partial charge in [0.15, 0.2) is 0 Å². The van der Waals surface area contributed by atoms with Crippen molar-refractivity contribution in [2.45, 2.75) is 33.1 Å². The number of hydrogen-bond acceptors (Lipinski definition) is 1. The molecule has 0 aliphatic heterocycles. The normalized spacial score (nSPS) is 12.4. The zero-order valence-corrected chi connectivity index (χ0v) is 13.1. The molecule has 0 spiro atoms. The van der Waals surface area contributed by atoms with Crippen molar-refractivity contribution in [3.8, 4) is 0 Å². The van der Waals surface area contributed by atoms with Gasteiger partial charge in [0.05, 0.1) is 0 Å². The third kappa shape index (κ3) is 4.40. The van der Waals surface area contributed by atoms with Gasteiger partial charge in [-0.3, -0.25) is 0 Å². The van der Waals surface area contributed by atoms with Crippen LogP contribution in [0.25, 0.3) is 0 Å². The van der Waals surface area contributed by atoms with Crippen molar-refractivity contribution in [2.24, 2.45) is 0 Å². The SMILES string of the molecule is CCNCC(Cc1ccc(F)cc1C)c1ccc(C)cc1. The summed E-state index contributed by atoms with van der Waals surface area (Å²) in [4.78, 5) is 0. The maximum Gasteiger partial charge on any atom is 0.123 e. The van der Waals surface area contributed by atoms with E-state index in [1.807, 2.05) is 13.0 Å². The van der Waals surface area contributed by atoms with Crippen LogP contribution < -0.4 is 5.32 Å². The smallest absolute Gasteiger partial charge is 0.123 e. The van der Waals surface area contributed by atoms with Crippen LogP contribution in [0.2, 0.25) is 0 Å². The van der Waals surface area contributed by atoms with Crippen LogP contribution in [0, 0.1) is 19.7 Å². The van der Waals surface area contributed by atoms with Crippen LogP contribution in [0.5, 0.6) is 0 Å². The van der Waals surface area contributed by atoms with Gasteiger partial charge in [-0.1, -0.05) is 42.8 Å². The van der Waals surface area contributed by atoms with E-state index >= 15 is 0 Å². The number of benzene rings is 2.